The van der Waals surface area contributed by atoms with Crippen LogP contribution in [0.1, 0.15) is 21.8 Å². The molecule has 0 aliphatic carbocycles. The van der Waals surface area contributed by atoms with E-state index in [4.69, 9.17) is 34.8 Å². The molecule has 2 aromatic rings. The molecule has 2 aliphatic heterocycles. The predicted octanol–water partition coefficient (Wildman–Crippen LogP) is 3.88. The smallest absolute Gasteiger partial charge is 0.320 e. The summed E-state index contributed by atoms with van der Waals surface area (Å²) in [5.41, 5.74) is 1.37. The van der Waals surface area contributed by atoms with Crippen molar-refractivity contribution in [2.75, 3.05) is 52.6 Å². The van der Waals surface area contributed by atoms with Crippen molar-refractivity contribution >= 4 is 56.8 Å². The third-order valence-electron chi connectivity index (χ3n) is 6.82. The first-order valence-corrected chi connectivity index (χ1v) is 14.4. The van der Waals surface area contributed by atoms with Gasteiger partial charge in [-0.25, -0.2) is 13.2 Å². The lowest BCUT2D eigenvalue weighted by Gasteiger charge is -2.35. The van der Waals surface area contributed by atoms with Crippen molar-refractivity contribution in [1.82, 2.24) is 19.0 Å². The summed E-state index contributed by atoms with van der Waals surface area (Å²) in [6.07, 6.45) is 1.17. The number of rotatable bonds is 4. The first-order chi connectivity index (χ1) is 17.0. The van der Waals surface area contributed by atoms with E-state index in [9.17, 15) is 18.0 Å². The number of amides is 3. The van der Waals surface area contributed by atoms with Crippen LogP contribution in [0.5, 0.6) is 0 Å². The Balaban J connectivity index is 1.56. The van der Waals surface area contributed by atoms with Crippen LogP contribution in [0.3, 0.4) is 0 Å². The van der Waals surface area contributed by atoms with Crippen LogP contribution in [0.25, 0.3) is 0 Å². The highest BCUT2D eigenvalue weighted by atomic mass is 35.5. The normalized spacial score (nSPS) is 21.0. The van der Waals surface area contributed by atoms with E-state index >= 15 is 0 Å². The van der Waals surface area contributed by atoms with Crippen molar-refractivity contribution < 1.29 is 18.0 Å². The van der Waals surface area contributed by atoms with Crippen LogP contribution in [0, 0.1) is 0 Å². The zero-order valence-electron chi connectivity index (χ0n) is 19.9. The maximum Gasteiger partial charge on any atom is 0.320 e. The minimum Gasteiger partial charge on any atom is -0.336 e. The molecule has 0 radical (unpaired) electrons. The van der Waals surface area contributed by atoms with Crippen molar-refractivity contribution in [2.45, 2.75) is 12.0 Å². The number of carbonyl (C=O) groups excluding carboxylic acids is 2. The Kier molecular flexibility index (Phi) is 8.07. The molecular formula is C24H27Cl3N4O4S. The van der Waals surface area contributed by atoms with Crippen molar-refractivity contribution in [3.8, 4) is 0 Å². The van der Waals surface area contributed by atoms with Crippen LogP contribution in [-0.2, 0) is 10.0 Å². The molecule has 2 heterocycles. The predicted molar refractivity (Wildman–Crippen MR) is 141 cm³/mol. The lowest BCUT2D eigenvalue weighted by molar-refractivity contribution is 0.0723. The molecule has 0 aromatic heterocycles. The fraction of sp³-hybridized carbons (Fsp3) is 0.417. The van der Waals surface area contributed by atoms with Gasteiger partial charge in [0.15, 0.2) is 0 Å². The quantitative estimate of drug-likeness (QED) is 0.556. The highest BCUT2D eigenvalue weighted by Crippen LogP contribution is 2.35. The minimum absolute atomic E-state index is 0.178. The van der Waals surface area contributed by atoms with Crippen LogP contribution < -0.4 is 0 Å². The number of hydrogen-bond acceptors (Lipinski definition) is 4. The Morgan fingerprint density at radius 3 is 2.11 bits per heavy atom. The summed E-state index contributed by atoms with van der Waals surface area (Å²) in [5, 5.41) is 1.37. The summed E-state index contributed by atoms with van der Waals surface area (Å²) < 4.78 is 25.0. The van der Waals surface area contributed by atoms with Crippen LogP contribution in [0.4, 0.5) is 4.79 Å². The molecule has 0 spiro atoms. The molecular weight excluding hydrogens is 547 g/mol. The Bertz CT molecular complexity index is 1250. The molecule has 3 amide bonds. The lowest BCUT2D eigenvalue weighted by atomic mass is 9.93. The highest BCUT2D eigenvalue weighted by molar-refractivity contribution is 7.88. The van der Waals surface area contributed by atoms with Gasteiger partial charge in [0.25, 0.3) is 5.91 Å². The van der Waals surface area contributed by atoms with E-state index in [1.54, 1.807) is 58.1 Å². The second kappa shape index (κ2) is 10.8. The fourth-order valence-corrected chi connectivity index (χ4v) is 6.02. The van der Waals surface area contributed by atoms with Crippen molar-refractivity contribution in [3.63, 3.8) is 0 Å². The summed E-state index contributed by atoms with van der Waals surface area (Å²) in [6.45, 7) is 1.84. The van der Waals surface area contributed by atoms with Gasteiger partial charge < -0.3 is 14.7 Å². The Labute approximate surface area is 226 Å². The Morgan fingerprint density at radius 1 is 0.889 bits per heavy atom. The van der Waals surface area contributed by atoms with Gasteiger partial charge in [0.1, 0.15) is 0 Å². The van der Waals surface area contributed by atoms with Gasteiger partial charge in [-0.05, 0) is 42.0 Å². The van der Waals surface area contributed by atoms with E-state index in [2.05, 4.69) is 0 Å². The number of likely N-dealkylation sites (tertiary alicyclic amines) is 1. The third kappa shape index (κ3) is 5.75. The Morgan fingerprint density at radius 2 is 1.53 bits per heavy atom. The zero-order chi connectivity index (χ0) is 26.2. The van der Waals surface area contributed by atoms with Gasteiger partial charge >= 0.3 is 6.03 Å². The van der Waals surface area contributed by atoms with E-state index in [0.717, 1.165) is 5.56 Å². The number of sulfonamides is 1. The average Bonchev–Trinajstić information content (AvgIpc) is 3.30. The molecule has 36 heavy (non-hydrogen) atoms. The summed E-state index contributed by atoms with van der Waals surface area (Å²) in [7, 11) is -1.57. The molecule has 12 heteroatoms. The summed E-state index contributed by atoms with van der Waals surface area (Å²) in [4.78, 5) is 31.8. The van der Waals surface area contributed by atoms with Gasteiger partial charge in [0.2, 0.25) is 10.0 Å². The molecule has 2 aliphatic rings. The van der Waals surface area contributed by atoms with Crippen molar-refractivity contribution in [1.29, 1.82) is 0 Å². The first kappa shape index (κ1) is 27.0. The van der Waals surface area contributed by atoms with Crippen LogP contribution in [0.15, 0.2) is 42.5 Å². The standard InChI is InChI=1S/C24H27Cl3N4O4S/c1-28(23(32)16-3-6-18(25)7-4-16)22-15-30(14-19(22)17-5-8-20(26)21(27)13-17)24(33)29-9-11-31(12-10-29)36(2,34)35/h3-8,13,19,22H,9-12,14-15H2,1-2H3/t19-,22-/m0/s1. The van der Waals surface area contributed by atoms with Crippen molar-refractivity contribution in [2.24, 2.45) is 0 Å². The van der Waals surface area contributed by atoms with E-state index in [0.29, 0.717) is 46.8 Å². The molecule has 2 fully saturated rings. The molecule has 2 atom stereocenters. The van der Waals surface area contributed by atoms with Gasteiger partial charge in [0.05, 0.1) is 22.3 Å². The number of benzene rings is 2. The van der Waals surface area contributed by atoms with Crippen molar-refractivity contribution in [3.05, 3.63) is 68.7 Å². The molecule has 8 nitrogen and oxygen atoms in total. The van der Waals surface area contributed by atoms with Gasteiger partial charge in [-0.15, -0.1) is 0 Å². The molecule has 0 N–H and O–H groups in total. The summed E-state index contributed by atoms with van der Waals surface area (Å²) in [5.74, 6) is -0.375. The number of halogens is 3. The molecule has 4 rings (SSSR count). The number of hydrogen-bond donors (Lipinski definition) is 0. The average molecular weight is 574 g/mol. The second-order valence-electron chi connectivity index (χ2n) is 9.11. The first-order valence-electron chi connectivity index (χ1n) is 11.4. The lowest BCUT2D eigenvalue weighted by Crippen LogP contribution is -2.53. The van der Waals surface area contributed by atoms with E-state index < -0.39 is 10.0 Å². The summed E-state index contributed by atoms with van der Waals surface area (Å²) in [6, 6.07) is 11.6. The second-order valence-corrected chi connectivity index (χ2v) is 12.3. The summed E-state index contributed by atoms with van der Waals surface area (Å²) >= 11 is 18.4. The van der Waals surface area contributed by atoms with Gasteiger partial charge in [-0.3, -0.25) is 4.79 Å². The number of piperazine rings is 1. The zero-order valence-corrected chi connectivity index (χ0v) is 23.0. The van der Waals surface area contributed by atoms with Crippen LogP contribution in [0.2, 0.25) is 15.1 Å². The number of urea groups is 1. The molecule has 0 unspecified atom stereocenters. The minimum atomic E-state index is -3.30. The Hall–Kier alpha value is -2.04. The van der Waals surface area contributed by atoms with Crippen LogP contribution in [-0.4, -0.2) is 98.0 Å². The number of nitrogens with zero attached hydrogens (tertiary/aromatic N) is 4. The third-order valence-corrected chi connectivity index (χ3v) is 9.11. The van der Waals surface area contributed by atoms with E-state index in [1.165, 1.54) is 10.6 Å². The fourth-order valence-electron chi connectivity index (χ4n) is 4.76. The molecule has 0 saturated carbocycles. The molecule has 0 bridgehead atoms. The van der Waals surface area contributed by atoms with Gasteiger partial charge in [-0.1, -0.05) is 40.9 Å². The van der Waals surface area contributed by atoms with Gasteiger partial charge in [-0.2, -0.15) is 4.31 Å². The highest BCUT2D eigenvalue weighted by Gasteiger charge is 2.42. The maximum atomic E-state index is 13.4. The van der Waals surface area contributed by atoms with Gasteiger partial charge in [0, 0.05) is 62.8 Å². The van der Waals surface area contributed by atoms with E-state index in [1.807, 2.05) is 6.07 Å². The monoisotopic (exact) mass is 572 g/mol. The molecule has 2 aromatic carbocycles. The van der Waals surface area contributed by atoms with Crippen LogP contribution >= 0.6 is 34.8 Å². The number of carbonyl (C=O) groups is 2. The number of likely N-dealkylation sites (N-methyl/N-ethyl adjacent to an activating group) is 1. The molecule has 194 valence electrons. The SMILES string of the molecule is CN(C(=O)c1ccc(Cl)cc1)[C@H]1CN(C(=O)N2CCN(S(C)(=O)=O)CC2)C[C@H]1c1ccc(Cl)c(Cl)c1. The maximum absolute atomic E-state index is 13.4. The molecule has 2 saturated heterocycles. The largest absolute Gasteiger partial charge is 0.336 e. The topological polar surface area (TPSA) is 81.2 Å². The van der Waals surface area contributed by atoms with E-state index in [-0.39, 0.29) is 37.0 Å².